The number of pyridine rings is 1. The first-order valence-electron chi connectivity index (χ1n) is 6.60. The van der Waals surface area contributed by atoms with Crippen LogP contribution in [0.25, 0.3) is 10.9 Å². The van der Waals surface area contributed by atoms with E-state index in [1.807, 2.05) is 30.5 Å². The third kappa shape index (κ3) is 2.18. The molecule has 0 aliphatic carbocycles. The Labute approximate surface area is 118 Å². The molecule has 2 aromatic carbocycles. The average Bonchev–Trinajstić information content (AvgIpc) is 2.45. The van der Waals surface area contributed by atoms with Gasteiger partial charge in [0, 0.05) is 30.0 Å². The summed E-state index contributed by atoms with van der Waals surface area (Å²) in [6.45, 7) is 2.10. The second-order valence-corrected chi connectivity index (χ2v) is 5.00. The largest absolute Gasteiger partial charge is 0.399 e. The van der Waals surface area contributed by atoms with E-state index in [4.69, 9.17) is 5.73 Å². The molecule has 2 N–H and O–H groups in total. The number of aryl methyl sites for hydroxylation is 1. The fraction of sp³-hybridized carbons (Fsp3) is 0.118. The highest BCUT2D eigenvalue weighted by Crippen LogP contribution is 2.31. The summed E-state index contributed by atoms with van der Waals surface area (Å²) in [5, 5.41) is 1.10. The van der Waals surface area contributed by atoms with Gasteiger partial charge in [-0.3, -0.25) is 4.98 Å². The van der Waals surface area contributed by atoms with Gasteiger partial charge in [0.2, 0.25) is 0 Å². The highest BCUT2D eigenvalue weighted by Gasteiger charge is 2.09. The lowest BCUT2D eigenvalue weighted by molar-refractivity contribution is 1.20. The van der Waals surface area contributed by atoms with Crippen molar-refractivity contribution in [2.75, 3.05) is 17.7 Å². The number of hydrogen-bond acceptors (Lipinski definition) is 3. The quantitative estimate of drug-likeness (QED) is 0.713. The molecule has 100 valence electrons. The van der Waals surface area contributed by atoms with Crippen LogP contribution in [-0.2, 0) is 0 Å². The van der Waals surface area contributed by atoms with Gasteiger partial charge in [0.15, 0.2) is 0 Å². The van der Waals surface area contributed by atoms with Crippen molar-refractivity contribution in [1.82, 2.24) is 4.98 Å². The smallest absolute Gasteiger partial charge is 0.0743 e. The van der Waals surface area contributed by atoms with Gasteiger partial charge in [0.25, 0.3) is 0 Å². The summed E-state index contributed by atoms with van der Waals surface area (Å²) in [7, 11) is 2.07. The van der Waals surface area contributed by atoms with Crippen LogP contribution in [0.3, 0.4) is 0 Å². The monoisotopic (exact) mass is 263 g/mol. The average molecular weight is 263 g/mol. The molecule has 3 rings (SSSR count). The van der Waals surface area contributed by atoms with Crippen molar-refractivity contribution < 1.29 is 0 Å². The minimum atomic E-state index is 0.736. The number of nitrogen functional groups attached to an aromatic ring is 1. The second-order valence-electron chi connectivity index (χ2n) is 5.00. The van der Waals surface area contributed by atoms with Crippen molar-refractivity contribution in [1.29, 1.82) is 0 Å². The molecule has 3 heteroatoms. The molecule has 0 amide bonds. The molecule has 0 aliphatic rings. The van der Waals surface area contributed by atoms with Crippen molar-refractivity contribution >= 4 is 28.0 Å². The van der Waals surface area contributed by atoms with E-state index in [1.54, 1.807) is 0 Å². The summed E-state index contributed by atoms with van der Waals surface area (Å²) in [6, 6.07) is 16.3. The van der Waals surface area contributed by atoms with Crippen LogP contribution in [0, 0.1) is 6.92 Å². The van der Waals surface area contributed by atoms with E-state index in [0.29, 0.717) is 0 Å². The molecule has 0 unspecified atom stereocenters. The molecule has 20 heavy (non-hydrogen) atoms. The van der Waals surface area contributed by atoms with Crippen molar-refractivity contribution in [2.45, 2.75) is 6.92 Å². The van der Waals surface area contributed by atoms with Crippen molar-refractivity contribution in [3.63, 3.8) is 0 Å². The number of nitrogens with two attached hydrogens (primary N) is 1. The molecule has 0 saturated carbocycles. The Hall–Kier alpha value is -2.55. The second kappa shape index (κ2) is 4.85. The normalized spacial score (nSPS) is 10.7. The maximum absolute atomic E-state index is 5.83. The van der Waals surface area contributed by atoms with E-state index < -0.39 is 0 Å². The summed E-state index contributed by atoms with van der Waals surface area (Å²) in [5.41, 5.74) is 11.0. The first-order chi connectivity index (χ1) is 9.65. The molecular formula is C17H17N3. The molecule has 0 atom stereocenters. The van der Waals surface area contributed by atoms with Crippen LogP contribution in [0.4, 0.5) is 17.1 Å². The van der Waals surface area contributed by atoms with Gasteiger partial charge in [-0.05, 0) is 48.9 Å². The Bertz CT molecular complexity index is 765. The highest BCUT2D eigenvalue weighted by atomic mass is 15.1. The Balaban J connectivity index is 2.14. The van der Waals surface area contributed by atoms with Crippen LogP contribution in [0.2, 0.25) is 0 Å². The lowest BCUT2D eigenvalue weighted by atomic mass is 10.1. The predicted molar refractivity (Wildman–Crippen MR) is 85.4 cm³/mol. The number of nitrogens with zero attached hydrogens (tertiary/aromatic N) is 2. The molecule has 0 spiro atoms. The summed E-state index contributed by atoms with van der Waals surface area (Å²) in [6.07, 6.45) is 1.82. The van der Waals surface area contributed by atoms with Crippen LogP contribution in [0.5, 0.6) is 0 Å². The first-order valence-corrected chi connectivity index (χ1v) is 6.60. The van der Waals surface area contributed by atoms with Gasteiger partial charge < -0.3 is 10.6 Å². The molecule has 0 aliphatic heterocycles. The zero-order chi connectivity index (χ0) is 14.1. The van der Waals surface area contributed by atoms with Gasteiger partial charge in [-0.1, -0.05) is 12.1 Å². The molecule has 0 fully saturated rings. The van der Waals surface area contributed by atoms with Crippen molar-refractivity contribution in [2.24, 2.45) is 0 Å². The summed E-state index contributed by atoms with van der Waals surface area (Å²) < 4.78 is 0. The van der Waals surface area contributed by atoms with E-state index in [-0.39, 0.29) is 0 Å². The van der Waals surface area contributed by atoms with Crippen LogP contribution < -0.4 is 10.6 Å². The predicted octanol–water partition coefficient (Wildman–Crippen LogP) is 3.89. The van der Waals surface area contributed by atoms with Crippen molar-refractivity contribution in [3.05, 3.63) is 60.3 Å². The van der Waals surface area contributed by atoms with Gasteiger partial charge in [0.1, 0.15) is 0 Å². The third-order valence-electron chi connectivity index (χ3n) is 3.49. The van der Waals surface area contributed by atoms with E-state index in [2.05, 4.69) is 48.1 Å². The van der Waals surface area contributed by atoms with Crippen molar-refractivity contribution in [3.8, 4) is 0 Å². The van der Waals surface area contributed by atoms with Gasteiger partial charge in [-0.2, -0.15) is 0 Å². The van der Waals surface area contributed by atoms with Crippen LogP contribution in [0.1, 0.15) is 5.56 Å². The topological polar surface area (TPSA) is 42.2 Å². The SMILES string of the molecule is Cc1cccc(N(C)c2ccnc3cc(N)ccc23)c1. The Morgan fingerprint density at radius 2 is 1.90 bits per heavy atom. The number of fused-ring (bicyclic) bond motifs is 1. The minimum Gasteiger partial charge on any atom is -0.399 e. The maximum Gasteiger partial charge on any atom is 0.0743 e. The van der Waals surface area contributed by atoms with E-state index >= 15 is 0 Å². The van der Waals surface area contributed by atoms with E-state index in [0.717, 1.165) is 28.0 Å². The fourth-order valence-corrected chi connectivity index (χ4v) is 2.42. The Morgan fingerprint density at radius 1 is 1.05 bits per heavy atom. The lowest BCUT2D eigenvalue weighted by Crippen LogP contribution is -2.10. The summed E-state index contributed by atoms with van der Waals surface area (Å²) >= 11 is 0. The van der Waals surface area contributed by atoms with Gasteiger partial charge >= 0.3 is 0 Å². The molecule has 1 heterocycles. The highest BCUT2D eigenvalue weighted by molar-refractivity contribution is 5.94. The lowest BCUT2D eigenvalue weighted by Gasteiger charge is -2.21. The van der Waals surface area contributed by atoms with Gasteiger partial charge in [-0.15, -0.1) is 0 Å². The molecule has 3 nitrogen and oxygen atoms in total. The fourth-order valence-electron chi connectivity index (χ4n) is 2.42. The maximum atomic E-state index is 5.83. The minimum absolute atomic E-state index is 0.736. The van der Waals surface area contributed by atoms with Crippen LogP contribution in [0.15, 0.2) is 54.7 Å². The molecule has 0 saturated heterocycles. The zero-order valence-electron chi connectivity index (χ0n) is 11.7. The molecular weight excluding hydrogens is 246 g/mol. The van der Waals surface area contributed by atoms with E-state index in [9.17, 15) is 0 Å². The third-order valence-corrected chi connectivity index (χ3v) is 3.49. The van der Waals surface area contributed by atoms with Crippen LogP contribution in [-0.4, -0.2) is 12.0 Å². The number of anilines is 3. The van der Waals surface area contributed by atoms with Gasteiger partial charge in [0.05, 0.1) is 11.2 Å². The summed E-state index contributed by atoms with van der Waals surface area (Å²) in [4.78, 5) is 6.56. The Morgan fingerprint density at radius 3 is 2.70 bits per heavy atom. The number of rotatable bonds is 2. The molecule has 3 aromatic rings. The number of benzene rings is 2. The number of hydrogen-bond donors (Lipinski definition) is 1. The first kappa shape index (κ1) is 12.5. The van der Waals surface area contributed by atoms with Crippen LogP contribution >= 0.6 is 0 Å². The van der Waals surface area contributed by atoms with E-state index in [1.165, 1.54) is 5.56 Å². The molecule has 0 bridgehead atoms. The molecule has 1 aromatic heterocycles. The number of aromatic nitrogens is 1. The molecule has 0 radical (unpaired) electrons. The standard InChI is InChI=1S/C17H17N3/c1-12-4-3-5-14(10-12)20(2)17-8-9-19-16-11-13(18)6-7-15(16)17/h3-11H,18H2,1-2H3. The Kier molecular flexibility index (Phi) is 3.03. The van der Waals surface area contributed by atoms with Gasteiger partial charge in [-0.25, -0.2) is 0 Å². The summed E-state index contributed by atoms with van der Waals surface area (Å²) in [5.74, 6) is 0. The zero-order valence-corrected chi connectivity index (χ0v) is 11.7.